The van der Waals surface area contributed by atoms with Gasteiger partial charge in [-0.3, -0.25) is 9.59 Å². The minimum absolute atomic E-state index is 0.0397. The van der Waals surface area contributed by atoms with E-state index in [1.807, 2.05) is 13.8 Å². The molecule has 1 unspecified atom stereocenters. The summed E-state index contributed by atoms with van der Waals surface area (Å²) in [6.45, 7) is 4.39. The van der Waals surface area contributed by atoms with Gasteiger partial charge in [-0.2, -0.15) is 0 Å². The summed E-state index contributed by atoms with van der Waals surface area (Å²) in [7, 11) is 0. The van der Waals surface area contributed by atoms with Crippen LogP contribution in [0.15, 0.2) is 18.3 Å². The van der Waals surface area contributed by atoms with E-state index in [9.17, 15) is 14.7 Å². The SMILES string of the molecule is CC(C)C1(C(=O)O)CCN(C(=O)c2cccnc2Cl)C1. The van der Waals surface area contributed by atoms with E-state index in [-0.39, 0.29) is 23.5 Å². The first kappa shape index (κ1) is 14.8. The summed E-state index contributed by atoms with van der Waals surface area (Å²) in [5.74, 6) is -1.14. The van der Waals surface area contributed by atoms with E-state index >= 15 is 0 Å². The molecule has 1 atom stereocenters. The molecule has 1 aromatic heterocycles. The number of carboxylic acids is 1. The van der Waals surface area contributed by atoms with Gasteiger partial charge in [0.05, 0.1) is 11.0 Å². The third-order valence-corrected chi connectivity index (χ3v) is 4.41. The second-order valence-corrected chi connectivity index (χ2v) is 5.79. The predicted octanol–water partition coefficient (Wildman–Crippen LogP) is 2.31. The first-order valence-corrected chi connectivity index (χ1v) is 6.89. The number of pyridine rings is 1. The molecule has 0 aliphatic carbocycles. The highest BCUT2D eigenvalue weighted by Gasteiger charge is 2.48. The molecule has 20 heavy (non-hydrogen) atoms. The van der Waals surface area contributed by atoms with E-state index in [0.29, 0.717) is 18.5 Å². The fourth-order valence-corrected chi connectivity index (χ4v) is 2.82. The van der Waals surface area contributed by atoms with E-state index in [4.69, 9.17) is 11.6 Å². The zero-order chi connectivity index (χ0) is 14.9. The third kappa shape index (κ3) is 2.38. The molecular weight excluding hydrogens is 280 g/mol. The van der Waals surface area contributed by atoms with Crippen molar-refractivity contribution in [2.45, 2.75) is 20.3 Å². The number of halogens is 1. The molecule has 1 fully saturated rings. The molecule has 6 heteroatoms. The van der Waals surface area contributed by atoms with Crippen LogP contribution in [0, 0.1) is 11.3 Å². The van der Waals surface area contributed by atoms with Gasteiger partial charge in [-0.1, -0.05) is 25.4 Å². The lowest BCUT2D eigenvalue weighted by molar-refractivity contribution is -0.150. The van der Waals surface area contributed by atoms with Gasteiger partial charge in [-0.15, -0.1) is 0 Å². The summed E-state index contributed by atoms with van der Waals surface area (Å²) in [4.78, 5) is 29.4. The molecule has 2 heterocycles. The van der Waals surface area contributed by atoms with Crippen molar-refractivity contribution in [3.63, 3.8) is 0 Å². The number of carbonyl (C=O) groups is 2. The minimum atomic E-state index is -0.871. The van der Waals surface area contributed by atoms with Crippen molar-refractivity contribution >= 4 is 23.5 Å². The fourth-order valence-electron chi connectivity index (χ4n) is 2.62. The minimum Gasteiger partial charge on any atom is -0.481 e. The number of carbonyl (C=O) groups excluding carboxylic acids is 1. The Morgan fingerprint density at radius 3 is 2.70 bits per heavy atom. The summed E-state index contributed by atoms with van der Waals surface area (Å²) in [6.07, 6.45) is 1.97. The Bertz CT molecular complexity index is 547. The second-order valence-electron chi connectivity index (χ2n) is 5.43. The molecule has 5 nitrogen and oxygen atoms in total. The number of aliphatic carboxylic acids is 1. The lowest BCUT2D eigenvalue weighted by Crippen LogP contribution is -2.40. The number of rotatable bonds is 3. The van der Waals surface area contributed by atoms with Crippen LogP contribution in [0.5, 0.6) is 0 Å². The Kier molecular flexibility index (Phi) is 3.99. The topological polar surface area (TPSA) is 70.5 Å². The standard InChI is InChI=1S/C14H17ClN2O3/c1-9(2)14(13(19)20)5-7-17(8-14)12(18)10-4-3-6-16-11(10)15/h3-4,6,9H,5,7-8H2,1-2H3,(H,19,20). The number of aromatic nitrogens is 1. The van der Waals surface area contributed by atoms with Gasteiger partial charge in [0.2, 0.25) is 0 Å². The lowest BCUT2D eigenvalue weighted by Gasteiger charge is -2.28. The average molecular weight is 297 g/mol. The number of hydrogen-bond acceptors (Lipinski definition) is 3. The Labute approximate surface area is 122 Å². The number of nitrogens with zero attached hydrogens (tertiary/aromatic N) is 2. The van der Waals surface area contributed by atoms with Gasteiger partial charge >= 0.3 is 5.97 Å². The van der Waals surface area contributed by atoms with Crippen LogP contribution in [0.1, 0.15) is 30.6 Å². The van der Waals surface area contributed by atoms with E-state index in [1.54, 1.807) is 17.0 Å². The van der Waals surface area contributed by atoms with Crippen LogP contribution in [-0.2, 0) is 4.79 Å². The van der Waals surface area contributed by atoms with Crippen molar-refractivity contribution < 1.29 is 14.7 Å². The Morgan fingerprint density at radius 1 is 1.50 bits per heavy atom. The molecular formula is C14H17ClN2O3. The van der Waals surface area contributed by atoms with Gasteiger partial charge in [0, 0.05) is 19.3 Å². The molecule has 1 aliphatic rings. The molecule has 0 radical (unpaired) electrons. The van der Waals surface area contributed by atoms with E-state index in [2.05, 4.69) is 4.98 Å². The van der Waals surface area contributed by atoms with Crippen LogP contribution < -0.4 is 0 Å². The van der Waals surface area contributed by atoms with Crippen molar-refractivity contribution in [1.82, 2.24) is 9.88 Å². The Morgan fingerprint density at radius 2 is 2.20 bits per heavy atom. The highest BCUT2D eigenvalue weighted by Crippen LogP contribution is 2.38. The van der Waals surface area contributed by atoms with Gasteiger partial charge in [0.15, 0.2) is 0 Å². The van der Waals surface area contributed by atoms with Crippen LogP contribution in [0.4, 0.5) is 0 Å². The molecule has 0 saturated carbocycles. The molecule has 2 rings (SSSR count). The monoisotopic (exact) mass is 296 g/mol. The molecule has 1 amide bonds. The van der Waals surface area contributed by atoms with Crippen LogP contribution >= 0.6 is 11.6 Å². The summed E-state index contributed by atoms with van der Waals surface area (Å²) < 4.78 is 0. The van der Waals surface area contributed by atoms with Gasteiger partial charge in [-0.25, -0.2) is 4.98 Å². The third-order valence-electron chi connectivity index (χ3n) is 4.11. The summed E-state index contributed by atoms with van der Waals surface area (Å²) >= 11 is 5.92. The van der Waals surface area contributed by atoms with Crippen LogP contribution in [0.2, 0.25) is 5.15 Å². The molecule has 1 saturated heterocycles. The zero-order valence-corrected chi connectivity index (χ0v) is 12.2. The number of likely N-dealkylation sites (tertiary alicyclic amines) is 1. The summed E-state index contributed by atoms with van der Waals surface area (Å²) in [5, 5.41) is 9.63. The fraction of sp³-hybridized carbons (Fsp3) is 0.500. The van der Waals surface area contributed by atoms with Gasteiger partial charge in [-0.05, 0) is 24.5 Å². The normalized spacial score (nSPS) is 22.3. The maximum absolute atomic E-state index is 12.4. The Balaban J connectivity index is 2.23. The predicted molar refractivity (Wildman–Crippen MR) is 74.7 cm³/mol. The van der Waals surface area contributed by atoms with Crippen LogP contribution in [0.3, 0.4) is 0 Å². The van der Waals surface area contributed by atoms with E-state index in [1.165, 1.54) is 6.20 Å². The van der Waals surface area contributed by atoms with Crippen molar-refractivity contribution in [3.8, 4) is 0 Å². The maximum atomic E-state index is 12.4. The van der Waals surface area contributed by atoms with Crippen molar-refractivity contribution in [3.05, 3.63) is 29.0 Å². The molecule has 0 spiro atoms. The highest BCUT2D eigenvalue weighted by atomic mass is 35.5. The van der Waals surface area contributed by atoms with Crippen molar-refractivity contribution in [2.75, 3.05) is 13.1 Å². The van der Waals surface area contributed by atoms with E-state index in [0.717, 1.165) is 0 Å². The van der Waals surface area contributed by atoms with Gasteiger partial charge < -0.3 is 10.0 Å². The molecule has 0 bridgehead atoms. The van der Waals surface area contributed by atoms with Crippen LogP contribution in [-0.4, -0.2) is 40.0 Å². The average Bonchev–Trinajstić information content (AvgIpc) is 2.85. The lowest BCUT2D eigenvalue weighted by atomic mass is 9.76. The molecule has 1 aliphatic heterocycles. The van der Waals surface area contributed by atoms with Gasteiger partial charge in [0.25, 0.3) is 5.91 Å². The number of amides is 1. The second kappa shape index (κ2) is 5.40. The molecule has 0 aromatic carbocycles. The first-order valence-electron chi connectivity index (χ1n) is 6.51. The zero-order valence-electron chi connectivity index (χ0n) is 11.5. The first-order chi connectivity index (χ1) is 9.38. The number of carboxylic acid groups (broad SMARTS) is 1. The van der Waals surface area contributed by atoms with Crippen molar-refractivity contribution in [2.24, 2.45) is 11.3 Å². The molecule has 108 valence electrons. The summed E-state index contributed by atoms with van der Waals surface area (Å²) in [6, 6.07) is 3.25. The smallest absolute Gasteiger partial charge is 0.311 e. The maximum Gasteiger partial charge on any atom is 0.311 e. The molecule has 1 aromatic rings. The highest BCUT2D eigenvalue weighted by molar-refractivity contribution is 6.32. The Hall–Kier alpha value is -1.62. The molecule has 1 N–H and O–H groups in total. The summed E-state index contributed by atoms with van der Waals surface area (Å²) in [5.41, 5.74) is -0.552. The van der Waals surface area contributed by atoms with Crippen molar-refractivity contribution in [1.29, 1.82) is 0 Å². The van der Waals surface area contributed by atoms with E-state index < -0.39 is 11.4 Å². The van der Waals surface area contributed by atoms with Gasteiger partial charge in [0.1, 0.15) is 5.15 Å². The number of hydrogen-bond donors (Lipinski definition) is 1. The largest absolute Gasteiger partial charge is 0.481 e. The quantitative estimate of drug-likeness (QED) is 0.869. The van der Waals surface area contributed by atoms with Crippen LogP contribution in [0.25, 0.3) is 0 Å².